The maximum absolute atomic E-state index is 8.79. The SMILES string of the molecule is CC(C)CC(C#CCO)O[Si](C)(C)C(C)(C)C. The van der Waals surface area contributed by atoms with Gasteiger partial charge in [-0.05, 0) is 30.5 Å². The summed E-state index contributed by atoms with van der Waals surface area (Å²) in [7, 11) is -1.77. The molecule has 1 atom stereocenters. The summed E-state index contributed by atoms with van der Waals surface area (Å²) in [6, 6.07) is 0. The molecule has 2 nitrogen and oxygen atoms in total. The fourth-order valence-electron chi connectivity index (χ4n) is 1.26. The minimum atomic E-state index is -1.77. The van der Waals surface area contributed by atoms with Crippen molar-refractivity contribution in [1.82, 2.24) is 0 Å². The van der Waals surface area contributed by atoms with Gasteiger partial charge in [0.05, 0.1) is 0 Å². The topological polar surface area (TPSA) is 29.5 Å². The van der Waals surface area contributed by atoms with E-state index in [1.165, 1.54) is 0 Å². The Morgan fingerprint density at radius 1 is 1.24 bits per heavy atom. The van der Waals surface area contributed by atoms with Crippen LogP contribution < -0.4 is 0 Å². The normalized spacial score (nSPS) is 14.4. The zero-order valence-electron chi connectivity index (χ0n) is 12.4. The molecule has 0 amide bonds. The molecular formula is C14H28O2Si. The number of hydrogen-bond donors (Lipinski definition) is 1. The third kappa shape index (κ3) is 6.26. The Hall–Kier alpha value is -0.303. The van der Waals surface area contributed by atoms with Crippen LogP contribution in [0.5, 0.6) is 0 Å². The molecule has 0 bridgehead atoms. The van der Waals surface area contributed by atoms with E-state index in [2.05, 4.69) is 59.6 Å². The van der Waals surface area contributed by atoms with Gasteiger partial charge in [-0.15, -0.1) is 0 Å². The van der Waals surface area contributed by atoms with Gasteiger partial charge in [0, 0.05) is 0 Å². The van der Waals surface area contributed by atoms with E-state index in [-0.39, 0.29) is 17.7 Å². The number of hydrogen-bond acceptors (Lipinski definition) is 2. The minimum absolute atomic E-state index is 0.0389. The summed E-state index contributed by atoms with van der Waals surface area (Å²) < 4.78 is 6.27. The van der Waals surface area contributed by atoms with Gasteiger partial charge in [-0.3, -0.25) is 0 Å². The van der Waals surface area contributed by atoms with Crippen molar-refractivity contribution < 1.29 is 9.53 Å². The lowest BCUT2D eigenvalue weighted by molar-refractivity contribution is 0.206. The summed E-state index contributed by atoms with van der Waals surface area (Å²) in [4.78, 5) is 0. The zero-order chi connectivity index (χ0) is 13.7. The highest BCUT2D eigenvalue weighted by Crippen LogP contribution is 2.37. The molecule has 0 aromatic heterocycles. The van der Waals surface area contributed by atoms with Crippen molar-refractivity contribution in [2.75, 3.05) is 6.61 Å². The average Bonchev–Trinajstić information content (AvgIpc) is 2.10. The van der Waals surface area contributed by atoms with Crippen LogP contribution in [0.4, 0.5) is 0 Å². The lowest BCUT2D eigenvalue weighted by Crippen LogP contribution is -2.44. The molecule has 17 heavy (non-hydrogen) atoms. The summed E-state index contributed by atoms with van der Waals surface area (Å²) in [5, 5.41) is 8.99. The Morgan fingerprint density at radius 3 is 2.12 bits per heavy atom. The maximum Gasteiger partial charge on any atom is 0.193 e. The van der Waals surface area contributed by atoms with Crippen LogP contribution in [0.1, 0.15) is 41.0 Å². The van der Waals surface area contributed by atoms with Crippen LogP contribution in [0.2, 0.25) is 18.1 Å². The van der Waals surface area contributed by atoms with E-state index in [0.717, 1.165) is 6.42 Å². The second kappa shape index (κ2) is 6.58. The smallest absolute Gasteiger partial charge is 0.193 e. The molecule has 0 aliphatic rings. The largest absolute Gasteiger partial charge is 0.403 e. The van der Waals surface area contributed by atoms with Crippen molar-refractivity contribution in [2.45, 2.75) is 65.3 Å². The van der Waals surface area contributed by atoms with E-state index in [9.17, 15) is 0 Å². The summed E-state index contributed by atoms with van der Waals surface area (Å²) in [6.45, 7) is 15.4. The van der Waals surface area contributed by atoms with Gasteiger partial charge in [-0.25, -0.2) is 0 Å². The molecule has 0 aliphatic carbocycles. The maximum atomic E-state index is 8.79. The van der Waals surface area contributed by atoms with Crippen LogP contribution in [-0.4, -0.2) is 26.1 Å². The van der Waals surface area contributed by atoms with E-state index in [0.29, 0.717) is 5.92 Å². The monoisotopic (exact) mass is 256 g/mol. The quantitative estimate of drug-likeness (QED) is 0.617. The standard InChI is InChI=1S/C14H28O2Si/c1-12(2)11-13(9-8-10-15)16-17(6,7)14(3,4)5/h12-13,15H,10-11H2,1-7H3. The molecule has 3 heteroatoms. The Kier molecular flexibility index (Phi) is 6.46. The zero-order valence-corrected chi connectivity index (χ0v) is 13.4. The molecule has 0 heterocycles. The van der Waals surface area contributed by atoms with Crippen LogP contribution in [0, 0.1) is 17.8 Å². The third-order valence-electron chi connectivity index (χ3n) is 3.27. The van der Waals surface area contributed by atoms with Gasteiger partial charge in [0.15, 0.2) is 8.32 Å². The number of aliphatic hydroxyl groups is 1. The van der Waals surface area contributed by atoms with E-state index in [4.69, 9.17) is 9.53 Å². The van der Waals surface area contributed by atoms with Gasteiger partial charge in [-0.2, -0.15) is 0 Å². The van der Waals surface area contributed by atoms with Gasteiger partial charge < -0.3 is 9.53 Å². The van der Waals surface area contributed by atoms with E-state index >= 15 is 0 Å². The summed E-state index contributed by atoms with van der Waals surface area (Å²) >= 11 is 0. The molecule has 0 rings (SSSR count). The molecular weight excluding hydrogens is 228 g/mol. The molecule has 1 unspecified atom stereocenters. The molecule has 0 fully saturated rings. The van der Waals surface area contributed by atoms with Crippen molar-refractivity contribution in [3.63, 3.8) is 0 Å². The van der Waals surface area contributed by atoms with E-state index in [1.807, 2.05) is 0 Å². The second-order valence-corrected chi connectivity index (χ2v) is 11.2. The summed E-state index contributed by atoms with van der Waals surface area (Å²) in [5.74, 6) is 6.33. The molecule has 0 saturated carbocycles. The van der Waals surface area contributed by atoms with Gasteiger partial charge in [0.2, 0.25) is 0 Å². The van der Waals surface area contributed by atoms with Crippen molar-refractivity contribution >= 4 is 8.32 Å². The summed E-state index contributed by atoms with van der Waals surface area (Å²) in [5.41, 5.74) is 0. The Morgan fingerprint density at radius 2 is 1.76 bits per heavy atom. The molecule has 0 aromatic carbocycles. The van der Waals surface area contributed by atoms with Crippen molar-refractivity contribution in [1.29, 1.82) is 0 Å². The Labute approximate surface area is 108 Å². The van der Waals surface area contributed by atoms with Crippen LogP contribution in [0.15, 0.2) is 0 Å². The number of aliphatic hydroxyl groups excluding tert-OH is 1. The fraction of sp³-hybridized carbons (Fsp3) is 0.857. The molecule has 0 radical (unpaired) electrons. The molecule has 100 valence electrons. The van der Waals surface area contributed by atoms with Gasteiger partial charge >= 0.3 is 0 Å². The first-order valence-electron chi connectivity index (χ1n) is 6.37. The van der Waals surface area contributed by atoms with Gasteiger partial charge in [0.1, 0.15) is 12.7 Å². The highest BCUT2D eigenvalue weighted by Gasteiger charge is 2.38. The van der Waals surface area contributed by atoms with Crippen molar-refractivity contribution in [2.24, 2.45) is 5.92 Å². The highest BCUT2D eigenvalue weighted by molar-refractivity contribution is 6.74. The second-order valence-electron chi connectivity index (χ2n) is 6.48. The summed E-state index contributed by atoms with van der Waals surface area (Å²) in [6.07, 6.45) is 0.891. The first-order chi connectivity index (χ1) is 7.60. The lowest BCUT2D eigenvalue weighted by Gasteiger charge is -2.38. The Balaban J connectivity index is 4.74. The van der Waals surface area contributed by atoms with Crippen LogP contribution in [-0.2, 0) is 4.43 Å². The first-order valence-corrected chi connectivity index (χ1v) is 9.28. The first kappa shape index (κ1) is 16.7. The van der Waals surface area contributed by atoms with Crippen LogP contribution in [0.25, 0.3) is 0 Å². The molecule has 1 N–H and O–H groups in total. The van der Waals surface area contributed by atoms with E-state index < -0.39 is 8.32 Å². The van der Waals surface area contributed by atoms with Crippen molar-refractivity contribution in [3.05, 3.63) is 0 Å². The van der Waals surface area contributed by atoms with Crippen LogP contribution in [0.3, 0.4) is 0 Å². The van der Waals surface area contributed by atoms with Crippen LogP contribution >= 0.6 is 0 Å². The lowest BCUT2D eigenvalue weighted by atomic mass is 10.1. The highest BCUT2D eigenvalue weighted by atomic mass is 28.4. The predicted molar refractivity (Wildman–Crippen MR) is 76.4 cm³/mol. The molecule has 0 saturated heterocycles. The van der Waals surface area contributed by atoms with Gasteiger partial charge in [0.25, 0.3) is 0 Å². The minimum Gasteiger partial charge on any atom is -0.403 e. The van der Waals surface area contributed by atoms with Gasteiger partial charge in [-0.1, -0.05) is 46.5 Å². The van der Waals surface area contributed by atoms with Crippen molar-refractivity contribution in [3.8, 4) is 11.8 Å². The third-order valence-corrected chi connectivity index (χ3v) is 7.76. The predicted octanol–water partition coefficient (Wildman–Crippen LogP) is 3.42. The fourth-order valence-corrected chi connectivity index (χ4v) is 2.48. The molecule has 0 spiro atoms. The Bertz CT molecular complexity index is 279. The number of rotatable bonds is 4. The molecule has 0 aromatic rings. The average molecular weight is 256 g/mol. The molecule has 0 aliphatic heterocycles. The van der Waals surface area contributed by atoms with E-state index in [1.54, 1.807) is 0 Å².